The topological polar surface area (TPSA) is 54.6 Å². The van der Waals surface area contributed by atoms with Crippen molar-refractivity contribution in [2.75, 3.05) is 0 Å². The van der Waals surface area contributed by atoms with Crippen LogP contribution in [0.3, 0.4) is 0 Å². The molecule has 3 aromatic rings. The van der Waals surface area contributed by atoms with E-state index in [0.717, 1.165) is 17.8 Å². The van der Waals surface area contributed by atoms with Crippen molar-refractivity contribution in [3.63, 3.8) is 0 Å². The van der Waals surface area contributed by atoms with E-state index in [-0.39, 0.29) is 11.5 Å². The number of nitrogens with zero attached hydrogens (tertiary/aromatic N) is 2. The van der Waals surface area contributed by atoms with Gasteiger partial charge >= 0.3 is 5.97 Å². The van der Waals surface area contributed by atoms with Gasteiger partial charge in [0, 0.05) is 12.6 Å². The Bertz CT molecular complexity index is 820. The third-order valence-electron chi connectivity index (χ3n) is 3.76. The second-order valence-corrected chi connectivity index (χ2v) is 5.71. The minimum Gasteiger partial charge on any atom is -0.478 e. The van der Waals surface area contributed by atoms with Crippen molar-refractivity contribution in [3.8, 4) is 0 Å². The Morgan fingerprint density at radius 2 is 1.95 bits per heavy atom. The van der Waals surface area contributed by atoms with E-state index in [1.165, 1.54) is 5.56 Å². The molecule has 22 heavy (non-hydrogen) atoms. The quantitative estimate of drug-likeness (QED) is 0.797. The van der Waals surface area contributed by atoms with Crippen molar-refractivity contribution < 1.29 is 9.90 Å². The fraction of sp³-hybridized carbons (Fsp3) is 0.222. The molecule has 0 saturated heterocycles. The van der Waals surface area contributed by atoms with Gasteiger partial charge in [-0.15, -0.1) is 0 Å². The molecule has 0 saturated carbocycles. The van der Waals surface area contributed by atoms with Gasteiger partial charge in [0.1, 0.15) is 5.65 Å². The van der Waals surface area contributed by atoms with Gasteiger partial charge in [0.15, 0.2) is 0 Å². The molecule has 0 spiro atoms. The largest absolute Gasteiger partial charge is 0.478 e. The number of hydrogen-bond acceptors (Lipinski definition) is 2. The van der Waals surface area contributed by atoms with E-state index < -0.39 is 5.97 Å². The summed E-state index contributed by atoms with van der Waals surface area (Å²) < 4.78 is 1.99. The smallest absolute Gasteiger partial charge is 0.335 e. The average molecular weight is 294 g/mol. The summed E-state index contributed by atoms with van der Waals surface area (Å²) in [6.07, 6.45) is 2.58. The molecule has 0 atom stereocenters. The summed E-state index contributed by atoms with van der Waals surface area (Å²) in [4.78, 5) is 15.8. The number of carboxylic acid groups (broad SMARTS) is 1. The Morgan fingerprint density at radius 3 is 2.59 bits per heavy atom. The maximum absolute atomic E-state index is 11.1. The number of rotatable bonds is 4. The Kier molecular flexibility index (Phi) is 3.67. The van der Waals surface area contributed by atoms with E-state index in [1.807, 2.05) is 22.6 Å². The number of hydrogen-bond donors (Lipinski definition) is 1. The van der Waals surface area contributed by atoms with Gasteiger partial charge in [-0.1, -0.05) is 44.2 Å². The molecule has 1 N–H and O–H groups in total. The first kappa shape index (κ1) is 14.3. The number of imidazole rings is 1. The molecule has 112 valence electrons. The van der Waals surface area contributed by atoms with E-state index in [2.05, 4.69) is 31.0 Å². The maximum atomic E-state index is 11.1. The lowest BCUT2D eigenvalue weighted by atomic mass is 10.0. The second-order valence-electron chi connectivity index (χ2n) is 5.71. The van der Waals surface area contributed by atoms with Gasteiger partial charge in [-0.3, -0.25) is 0 Å². The highest BCUT2D eigenvalue weighted by atomic mass is 16.4. The van der Waals surface area contributed by atoms with Crippen LogP contribution in [-0.4, -0.2) is 20.5 Å². The minimum atomic E-state index is -0.929. The molecule has 2 aromatic heterocycles. The molecular weight excluding hydrogens is 276 g/mol. The van der Waals surface area contributed by atoms with E-state index >= 15 is 0 Å². The minimum absolute atomic E-state index is 0.263. The predicted molar refractivity (Wildman–Crippen MR) is 85.5 cm³/mol. The number of aromatic nitrogens is 2. The number of pyridine rings is 1. The van der Waals surface area contributed by atoms with Gasteiger partial charge in [0.2, 0.25) is 0 Å². The molecule has 0 aliphatic carbocycles. The number of carbonyl (C=O) groups is 1. The Hall–Kier alpha value is -2.62. The van der Waals surface area contributed by atoms with Crippen LogP contribution in [0.2, 0.25) is 0 Å². The van der Waals surface area contributed by atoms with Gasteiger partial charge in [-0.2, -0.15) is 0 Å². The normalized spacial score (nSPS) is 11.2. The molecule has 2 heterocycles. The van der Waals surface area contributed by atoms with Crippen molar-refractivity contribution in [2.24, 2.45) is 0 Å². The molecule has 0 bridgehead atoms. The highest BCUT2D eigenvalue weighted by Crippen LogP contribution is 2.24. The van der Waals surface area contributed by atoms with Gasteiger partial charge in [0.25, 0.3) is 0 Å². The van der Waals surface area contributed by atoms with E-state index in [9.17, 15) is 4.79 Å². The fourth-order valence-electron chi connectivity index (χ4n) is 2.67. The summed E-state index contributed by atoms with van der Waals surface area (Å²) >= 11 is 0. The molecular formula is C18H18N2O2. The van der Waals surface area contributed by atoms with Gasteiger partial charge in [-0.25, -0.2) is 9.78 Å². The van der Waals surface area contributed by atoms with Crippen LogP contribution in [0.1, 0.15) is 47.1 Å². The molecule has 3 rings (SSSR count). The van der Waals surface area contributed by atoms with Crippen molar-refractivity contribution in [3.05, 3.63) is 71.2 Å². The third kappa shape index (κ3) is 2.60. The SMILES string of the molecule is CC(C)c1nc2cc(C(=O)O)ccn2c1Cc1ccccc1. The van der Waals surface area contributed by atoms with Crippen LogP contribution in [0.5, 0.6) is 0 Å². The van der Waals surface area contributed by atoms with Crippen LogP contribution < -0.4 is 0 Å². The van der Waals surface area contributed by atoms with Crippen molar-refractivity contribution in [2.45, 2.75) is 26.2 Å². The standard InChI is InChI=1S/C18H18N2O2/c1-12(2)17-15(10-13-6-4-3-5-7-13)20-9-8-14(18(21)22)11-16(20)19-17/h3-9,11-12H,10H2,1-2H3,(H,21,22). The first-order chi connectivity index (χ1) is 10.6. The number of aromatic carboxylic acids is 1. The van der Waals surface area contributed by atoms with E-state index in [1.54, 1.807) is 18.3 Å². The molecule has 0 unspecified atom stereocenters. The maximum Gasteiger partial charge on any atom is 0.335 e. The lowest BCUT2D eigenvalue weighted by Crippen LogP contribution is -2.01. The van der Waals surface area contributed by atoms with Crippen LogP contribution >= 0.6 is 0 Å². The molecule has 0 amide bonds. The molecule has 0 fully saturated rings. The third-order valence-corrected chi connectivity index (χ3v) is 3.76. The highest BCUT2D eigenvalue weighted by molar-refractivity contribution is 5.88. The van der Waals surface area contributed by atoms with E-state index in [0.29, 0.717) is 5.65 Å². The van der Waals surface area contributed by atoms with Crippen LogP contribution in [0.4, 0.5) is 0 Å². The van der Waals surface area contributed by atoms with Crippen LogP contribution in [-0.2, 0) is 6.42 Å². The van der Waals surface area contributed by atoms with Gasteiger partial charge < -0.3 is 9.51 Å². The van der Waals surface area contributed by atoms with Crippen LogP contribution in [0, 0.1) is 0 Å². The monoisotopic (exact) mass is 294 g/mol. The first-order valence-electron chi connectivity index (χ1n) is 7.34. The molecule has 0 radical (unpaired) electrons. The molecule has 0 aliphatic rings. The number of benzene rings is 1. The first-order valence-corrected chi connectivity index (χ1v) is 7.34. The molecule has 4 heteroatoms. The fourth-order valence-corrected chi connectivity index (χ4v) is 2.67. The zero-order valence-electron chi connectivity index (χ0n) is 12.7. The molecule has 1 aromatic carbocycles. The molecule has 0 aliphatic heterocycles. The summed E-state index contributed by atoms with van der Waals surface area (Å²) in [5, 5.41) is 9.13. The van der Waals surface area contributed by atoms with Crippen molar-refractivity contribution in [1.82, 2.24) is 9.38 Å². The summed E-state index contributed by atoms with van der Waals surface area (Å²) in [6, 6.07) is 13.5. The Balaban J connectivity index is 2.14. The zero-order chi connectivity index (χ0) is 15.7. The van der Waals surface area contributed by atoms with E-state index in [4.69, 9.17) is 5.11 Å². The Morgan fingerprint density at radius 1 is 1.23 bits per heavy atom. The summed E-state index contributed by atoms with van der Waals surface area (Å²) in [7, 11) is 0. The number of carboxylic acids is 1. The van der Waals surface area contributed by atoms with Crippen LogP contribution in [0.15, 0.2) is 48.7 Å². The zero-order valence-corrected chi connectivity index (χ0v) is 12.7. The second kappa shape index (κ2) is 5.64. The van der Waals surface area contributed by atoms with Gasteiger partial charge in [-0.05, 0) is 23.6 Å². The lowest BCUT2D eigenvalue weighted by Gasteiger charge is -2.08. The van der Waals surface area contributed by atoms with Crippen molar-refractivity contribution in [1.29, 1.82) is 0 Å². The Labute approximate surface area is 129 Å². The summed E-state index contributed by atoms with van der Waals surface area (Å²) in [6.45, 7) is 4.21. The van der Waals surface area contributed by atoms with Crippen molar-refractivity contribution >= 4 is 11.6 Å². The summed E-state index contributed by atoms with van der Waals surface area (Å²) in [5.41, 5.74) is 4.31. The van der Waals surface area contributed by atoms with Crippen LogP contribution in [0.25, 0.3) is 5.65 Å². The average Bonchev–Trinajstić information content (AvgIpc) is 2.86. The van der Waals surface area contributed by atoms with Gasteiger partial charge in [0.05, 0.1) is 17.0 Å². The number of fused-ring (bicyclic) bond motifs is 1. The predicted octanol–water partition coefficient (Wildman–Crippen LogP) is 3.75. The lowest BCUT2D eigenvalue weighted by molar-refractivity contribution is 0.0697. The highest BCUT2D eigenvalue weighted by Gasteiger charge is 2.16. The molecule has 4 nitrogen and oxygen atoms in total. The summed E-state index contributed by atoms with van der Waals surface area (Å²) in [5.74, 6) is -0.645.